The highest BCUT2D eigenvalue weighted by Gasteiger charge is 2.24. The highest BCUT2D eigenvalue weighted by atomic mass is 16.2. The second kappa shape index (κ2) is 6.28. The number of aryl methyl sites for hydroxylation is 1. The van der Waals surface area contributed by atoms with Crippen molar-refractivity contribution in [1.29, 1.82) is 0 Å². The Morgan fingerprint density at radius 1 is 1.20 bits per heavy atom. The Morgan fingerprint density at radius 3 is 3.07 bits per heavy atom. The van der Waals surface area contributed by atoms with Gasteiger partial charge in [-0.25, -0.2) is 14.5 Å². The summed E-state index contributed by atoms with van der Waals surface area (Å²) in [6.07, 6.45) is 9.34. The van der Waals surface area contributed by atoms with Crippen LogP contribution in [0.15, 0.2) is 55.2 Å². The third-order valence-corrected chi connectivity index (χ3v) is 5.70. The molecule has 0 saturated heterocycles. The molecule has 148 valence electrons. The number of fused-ring (bicyclic) bond motifs is 3. The highest BCUT2D eigenvalue weighted by Crippen LogP contribution is 2.29. The van der Waals surface area contributed by atoms with Crippen molar-refractivity contribution < 1.29 is 4.79 Å². The van der Waals surface area contributed by atoms with Crippen molar-refractivity contribution in [3.05, 3.63) is 72.3 Å². The molecule has 5 aromatic heterocycles. The number of amides is 1. The van der Waals surface area contributed by atoms with Crippen molar-refractivity contribution in [2.45, 2.75) is 20.0 Å². The molecule has 0 aliphatic carbocycles. The van der Waals surface area contributed by atoms with Crippen LogP contribution in [0.4, 0.5) is 0 Å². The average molecular weight is 397 g/mol. The Balaban J connectivity index is 1.37. The summed E-state index contributed by atoms with van der Waals surface area (Å²) in [7, 11) is 0. The van der Waals surface area contributed by atoms with Gasteiger partial charge in [-0.05, 0) is 36.8 Å². The molecule has 6 heterocycles. The molecule has 8 nitrogen and oxygen atoms in total. The molecule has 1 aliphatic heterocycles. The molecule has 8 heteroatoms. The predicted molar refractivity (Wildman–Crippen MR) is 112 cm³/mol. The van der Waals surface area contributed by atoms with Crippen LogP contribution < -0.4 is 0 Å². The van der Waals surface area contributed by atoms with Crippen LogP contribution in [0.5, 0.6) is 0 Å². The monoisotopic (exact) mass is 397 g/mol. The van der Waals surface area contributed by atoms with Gasteiger partial charge in [0.2, 0.25) is 0 Å². The zero-order chi connectivity index (χ0) is 20.2. The first kappa shape index (κ1) is 17.0. The summed E-state index contributed by atoms with van der Waals surface area (Å²) in [6.45, 7) is 3.92. The maximum atomic E-state index is 13.2. The summed E-state index contributed by atoms with van der Waals surface area (Å²) in [6, 6.07) is 8.00. The van der Waals surface area contributed by atoms with Crippen molar-refractivity contribution in [2.24, 2.45) is 0 Å². The number of nitrogens with zero attached hydrogens (tertiary/aromatic N) is 6. The Labute approximate surface area is 171 Å². The smallest absolute Gasteiger partial charge is 0.255 e. The van der Waals surface area contributed by atoms with E-state index in [-0.39, 0.29) is 5.91 Å². The second-order valence-electron chi connectivity index (χ2n) is 7.66. The maximum Gasteiger partial charge on any atom is 0.255 e. The Kier molecular flexibility index (Phi) is 3.55. The van der Waals surface area contributed by atoms with E-state index in [9.17, 15) is 4.79 Å². The van der Waals surface area contributed by atoms with Gasteiger partial charge in [-0.15, -0.1) is 0 Å². The molecule has 1 aliphatic rings. The number of hydrogen-bond donors (Lipinski definition) is 1. The van der Waals surface area contributed by atoms with Gasteiger partial charge in [-0.2, -0.15) is 5.10 Å². The average Bonchev–Trinajstić information content (AvgIpc) is 3.48. The molecule has 0 atom stereocenters. The largest absolute Gasteiger partial charge is 0.346 e. The van der Waals surface area contributed by atoms with E-state index in [4.69, 9.17) is 0 Å². The fourth-order valence-electron chi connectivity index (χ4n) is 4.20. The summed E-state index contributed by atoms with van der Waals surface area (Å²) in [4.78, 5) is 27.3. The minimum absolute atomic E-state index is 0.0188. The third-order valence-electron chi connectivity index (χ3n) is 5.70. The van der Waals surface area contributed by atoms with Crippen LogP contribution in [0.25, 0.3) is 27.7 Å². The van der Waals surface area contributed by atoms with Crippen LogP contribution in [0, 0.1) is 6.92 Å². The Bertz CT molecular complexity index is 1420. The number of H-pyrrole nitrogens is 1. The maximum absolute atomic E-state index is 13.2. The van der Waals surface area contributed by atoms with Crippen LogP contribution in [0.1, 0.15) is 21.9 Å². The van der Waals surface area contributed by atoms with Crippen molar-refractivity contribution in [1.82, 2.24) is 34.0 Å². The van der Waals surface area contributed by atoms with Gasteiger partial charge in [-0.1, -0.05) is 0 Å². The molecule has 0 aromatic carbocycles. The lowest BCUT2D eigenvalue weighted by Gasteiger charge is -2.27. The quantitative estimate of drug-likeness (QED) is 0.496. The van der Waals surface area contributed by atoms with E-state index in [0.29, 0.717) is 18.7 Å². The Morgan fingerprint density at radius 2 is 2.13 bits per heavy atom. The zero-order valence-electron chi connectivity index (χ0n) is 16.4. The minimum atomic E-state index is -0.0188. The summed E-state index contributed by atoms with van der Waals surface area (Å²) < 4.78 is 3.95. The fourth-order valence-corrected chi connectivity index (χ4v) is 4.20. The molecule has 0 radical (unpaired) electrons. The number of carbonyl (C=O) groups excluding carboxylic acids is 1. The van der Waals surface area contributed by atoms with Crippen molar-refractivity contribution in [3.63, 3.8) is 0 Å². The van der Waals surface area contributed by atoms with Gasteiger partial charge in [0.25, 0.3) is 5.91 Å². The standard InChI is InChI=1S/C22H19N7O/c1-14-12-27-6-7-28(13-20(27)26-14)22(30)16-9-18-19(11-24-21(18)23-10-16)15-3-5-29-17(8-15)2-4-25-29/h2-5,8-12H,6-7,13H2,1H3,(H,23,24). The first-order chi connectivity index (χ1) is 14.7. The van der Waals surface area contributed by atoms with Crippen LogP contribution in [-0.2, 0) is 13.1 Å². The lowest BCUT2D eigenvalue weighted by atomic mass is 10.1. The minimum Gasteiger partial charge on any atom is -0.346 e. The Hall–Kier alpha value is -3.94. The lowest BCUT2D eigenvalue weighted by molar-refractivity contribution is 0.0707. The molecule has 1 N–H and O–H groups in total. The van der Waals surface area contributed by atoms with Crippen LogP contribution in [0.3, 0.4) is 0 Å². The molecule has 0 bridgehead atoms. The number of carbonyl (C=O) groups is 1. The van der Waals surface area contributed by atoms with Crippen LogP contribution >= 0.6 is 0 Å². The first-order valence-corrected chi connectivity index (χ1v) is 9.88. The molecular formula is C22H19N7O. The molecule has 0 fully saturated rings. The third kappa shape index (κ3) is 2.61. The SMILES string of the molecule is Cc1cn2c(n1)CN(C(=O)c1cnc3[nH]cc(-c4ccn5nccc5c4)c3c1)CC2. The predicted octanol–water partition coefficient (Wildman–Crippen LogP) is 3.04. The zero-order valence-corrected chi connectivity index (χ0v) is 16.4. The molecule has 6 rings (SSSR count). The van der Waals surface area contributed by atoms with E-state index < -0.39 is 0 Å². The van der Waals surface area contributed by atoms with Gasteiger partial charge >= 0.3 is 0 Å². The number of pyridine rings is 2. The van der Waals surface area contributed by atoms with Gasteiger partial charge in [0.05, 0.1) is 23.3 Å². The molecule has 5 aromatic rings. The summed E-state index contributed by atoms with van der Waals surface area (Å²) >= 11 is 0. The molecule has 30 heavy (non-hydrogen) atoms. The van der Waals surface area contributed by atoms with Crippen molar-refractivity contribution in [3.8, 4) is 11.1 Å². The van der Waals surface area contributed by atoms with E-state index in [1.807, 2.05) is 53.1 Å². The number of hydrogen-bond acceptors (Lipinski definition) is 4. The number of aromatic nitrogens is 6. The molecule has 1 amide bonds. The number of nitrogens with one attached hydrogen (secondary N) is 1. The van der Waals surface area contributed by atoms with Crippen LogP contribution in [0.2, 0.25) is 0 Å². The summed E-state index contributed by atoms with van der Waals surface area (Å²) in [5, 5.41) is 5.18. The van der Waals surface area contributed by atoms with Crippen molar-refractivity contribution >= 4 is 22.5 Å². The summed E-state index contributed by atoms with van der Waals surface area (Å²) in [5.74, 6) is 0.910. The molecule has 0 spiro atoms. The summed E-state index contributed by atoms with van der Waals surface area (Å²) in [5.41, 5.74) is 5.41. The van der Waals surface area contributed by atoms with E-state index in [1.54, 1.807) is 12.4 Å². The molecule has 0 saturated carbocycles. The van der Waals surface area contributed by atoms with E-state index in [1.165, 1.54) is 0 Å². The van der Waals surface area contributed by atoms with E-state index in [2.05, 4.69) is 30.7 Å². The van der Waals surface area contributed by atoms with Gasteiger partial charge in [-0.3, -0.25) is 4.79 Å². The molecular weight excluding hydrogens is 378 g/mol. The molecule has 0 unspecified atom stereocenters. The fraction of sp³-hybridized carbons (Fsp3) is 0.182. The topological polar surface area (TPSA) is 84.1 Å². The van der Waals surface area contributed by atoms with Crippen LogP contribution in [-0.4, -0.2) is 46.5 Å². The van der Waals surface area contributed by atoms with E-state index >= 15 is 0 Å². The normalized spacial score (nSPS) is 13.8. The highest BCUT2D eigenvalue weighted by molar-refractivity contribution is 6.01. The number of rotatable bonds is 2. The van der Waals surface area contributed by atoms with Gasteiger partial charge < -0.3 is 14.5 Å². The lowest BCUT2D eigenvalue weighted by Crippen LogP contribution is -2.38. The van der Waals surface area contributed by atoms with Gasteiger partial charge in [0, 0.05) is 55.0 Å². The number of imidazole rings is 1. The second-order valence-corrected chi connectivity index (χ2v) is 7.66. The van der Waals surface area contributed by atoms with E-state index in [0.717, 1.165) is 45.7 Å². The number of aromatic amines is 1. The van der Waals surface area contributed by atoms with Crippen molar-refractivity contribution in [2.75, 3.05) is 6.54 Å². The van der Waals surface area contributed by atoms with Gasteiger partial charge in [0.15, 0.2) is 0 Å². The first-order valence-electron chi connectivity index (χ1n) is 9.88. The van der Waals surface area contributed by atoms with Gasteiger partial charge in [0.1, 0.15) is 11.5 Å².